The SMILES string of the molecule is COC1(C)CCCN(CCC(N)c2ccc(C)cc2)C1. The Hall–Kier alpha value is -0.900. The maximum absolute atomic E-state index is 6.30. The Morgan fingerprint density at radius 1 is 1.35 bits per heavy atom. The highest BCUT2D eigenvalue weighted by Crippen LogP contribution is 2.24. The highest BCUT2D eigenvalue weighted by atomic mass is 16.5. The van der Waals surface area contributed by atoms with E-state index in [0.717, 1.165) is 25.9 Å². The van der Waals surface area contributed by atoms with Gasteiger partial charge in [0.25, 0.3) is 0 Å². The van der Waals surface area contributed by atoms with Crippen LogP contribution in [-0.2, 0) is 4.74 Å². The van der Waals surface area contributed by atoms with E-state index < -0.39 is 0 Å². The van der Waals surface area contributed by atoms with E-state index in [1.165, 1.54) is 24.1 Å². The van der Waals surface area contributed by atoms with E-state index in [1.807, 2.05) is 7.11 Å². The number of piperidine rings is 1. The molecule has 0 saturated carbocycles. The van der Waals surface area contributed by atoms with Crippen LogP contribution in [0.3, 0.4) is 0 Å². The second-order valence-electron chi connectivity index (χ2n) is 6.34. The van der Waals surface area contributed by atoms with E-state index >= 15 is 0 Å². The third-order valence-electron chi connectivity index (χ3n) is 4.49. The summed E-state index contributed by atoms with van der Waals surface area (Å²) >= 11 is 0. The van der Waals surface area contributed by atoms with Gasteiger partial charge in [-0.15, -0.1) is 0 Å². The van der Waals surface area contributed by atoms with Crippen molar-refractivity contribution in [2.45, 2.75) is 44.8 Å². The summed E-state index contributed by atoms with van der Waals surface area (Å²) in [5, 5.41) is 0. The summed E-state index contributed by atoms with van der Waals surface area (Å²) in [6.07, 6.45) is 3.37. The van der Waals surface area contributed by atoms with E-state index in [-0.39, 0.29) is 11.6 Å². The predicted molar refractivity (Wildman–Crippen MR) is 83.8 cm³/mol. The second kappa shape index (κ2) is 6.70. The molecule has 112 valence electrons. The molecule has 0 aliphatic carbocycles. The molecule has 0 spiro atoms. The van der Waals surface area contributed by atoms with Crippen LogP contribution in [0.25, 0.3) is 0 Å². The molecule has 1 aromatic carbocycles. The topological polar surface area (TPSA) is 38.5 Å². The number of methoxy groups -OCH3 is 1. The first kappa shape index (κ1) is 15.5. The van der Waals surface area contributed by atoms with Gasteiger partial charge in [-0.25, -0.2) is 0 Å². The van der Waals surface area contributed by atoms with Crippen molar-refractivity contribution in [2.75, 3.05) is 26.7 Å². The van der Waals surface area contributed by atoms with Crippen molar-refractivity contribution >= 4 is 0 Å². The van der Waals surface area contributed by atoms with Crippen molar-refractivity contribution in [2.24, 2.45) is 5.73 Å². The molecule has 1 aromatic rings. The molecular formula is C17H28N2O. The monoisotopic (exact) mass is 276 g/mol. The van der Waals surface area contributed by atoms with Gasteiger partial charge in [-0.05, 0) is 45.2 Å². The number of aryl methyl sites for hydroxylation is 1. The van der Waals surface area contributed by atoms with E-state index in [9.17, 15) is 0 Å². The predicted octanol–water partition coefficient (Wildman–Crippen LogP) is 2.89. The van der Waals surface area contributed by atoms with Crippen molar-refractivity contribution in [3.8, 4) is 0 Å². The molecule has 1 saturated heterocycles. The molecule has 2 atom stereocenters. The van der Waals surface area contributed by atoms with Crippen LogP contribution in [0.2, 0.25) is 0 Å². The minimum atomic E-state index is 0.0200. The van der Waals surface area contributed by atoms with Gasteiger partial charge >= 0.3 is 0 Å². The zero-order chi connectivity index (χ0) is 14.6. The van der Waals surface area contributed by atoms with Crippen LogP contribution in [0.4, 0.5) is 0 Å². The minimum Gasteiger partial charge on any atom is -0.377 e. The van der Waals surface area contributed by atoms with E-state index in [0.29, 0.717) is 0 Å². The molecule has 0 radical (unpaired) electrons. The van der Waals surface area contributed by atoms with Crippen LogP contribution in [0.15, 0.2) is 24.3 Å². The fourth-order valence-electron chi connectivity index (χ4n) is 2.97. The number of nitrogens with zero attached hydrogens (tertiary/aromatic N) is 1. The van der Waals surface area contributed by atoms with Crippen LogP contribution in [0.5, 0.6) is 0 Å². The summed E-state index contributed by atoms with van der Waals surface area (Å²) in [6, 6.07) is 8.70. The normalized spacial score (nSPS) is 25.6. The number of hydrogen-bond acceptors (Lipinski definition) is 3. The van der Waals surface area contributed by atoms with Crippen LogP contribution in [0, 0.1) is 6.92 Å². The average molecular weight is 276 g/mol. The number of ether oxygens (including phenoxy) is 1. The third kappa shape index (κ3) is 4.05. The van der Waals surface area contributed by atoms with Crippen LogP contribution < -0.4 is 5.73 Å². The van der Waals surface area contributed by atoms with E-state index in [2.05, 4.69) is 43.0 Å². The lowest BCUT2D eigenvalue weighted by Gasteiger charge is -2.39. The van der Waals surface area contributed by atoms with Crippen molar-refractivity contribution < 1.29 is 4.74 Å². The maximum Gasteiger partial charge on any atom is 0.0777 e. The standard InChI is InChI=1S/C17H28N2O/c1-14-5-7-15(8-6-14)16(18)9-12-19-11-4-10-17(2,13-19)20-3/h5-8,16H,4,9-13,18H2,1-3H3. The number of likely N-dealkylation sites (tertiary alicyclic amines) is 1. The fraction of sp³-hybridized carbons (Fsp3) is 0.647. The molecule has 1 heterocycles. The first-order valence-corrected chi connectivity index (χ1v) is 7.62. The van der Waals surface area contributed by atoms with Gasteiger partial charge in [0.1, 0.15) is 0 Å². The van der Waals surface area contributed by atoms with Gasteiger partial charge in [0, 0.05) is 26.2 Å². The number of hydrogen-bond donors (Lipinski definition) is 1. The Labute approximate surface area is 123 Å². The van der Waals surface area contributed by atoms with Crippen molar-refractivity contribution in [3.63, 3.8) is 0 Å². The quantitative estimate of drug-likeness (QED) is 0.898. The van der Waals surface area contributed by atoms with Crippen LogP contribution in [0.1, 0.15) is 43.4 Å². The van der Waals surface area contributed by atoms with Crippen molar-refractivity contribution in [1.29, 1.82) is 0 Å². The van der Waals surface area contributed by atoms with Crippen LogP contribution in [-0.4, -0.2) is 37.2 Å². The summed E-state index contributed by atoms with van der Waals surface area (Å²) in [6.45, 7) is 7.55. The lowest BCUT2D eigenvalue weighted by Crippen LogP contribution is -2.47. The van der Waals surface area contributed by atoms with Crippen LogP contribution >= 0.6 is 0 Å². The zero-order valence-electron chi connectivity index (χ0n) is 13.1. The Bertz CT molecular complexity index is 418. The molecule has 1 fully saturated rings. The summed E-state index contributed by atoms with van der Waals surface area (Å²) in [7, 11) is 1.82. The summed E-state index contributed by atoms with van der Waals surface area (Å²) in [5.41, 5.74) is 8.85. The molecule has 1 aliphatic rings. The Balaban J connectivity index is 1.84. The Kier molecular flexibility index (Phi) is 5.19. The Morgan fingerprint density at radius 2 is 2.05 bits per heavy atom. The summed E-state index contributed by atoms with van der Waals surface area (Å²) in [5.74, 6) is 0. The van der Waals surface area contributed by atoms with Gasteiger partial charge in [0.2, 0.25) is 0 Å². The summed E-state index contributed by atoms with van der Waals surface area (Å²) in [4.78, 5) is 2.49. The highest BCUT2D eigenvalue weighted by Gasteiger charge is 2.30. The molecule has 0 aromatic heterocycles. The molecule has 3 nitrogen and oxygen atoms in total. The second-order valence-corrected chi connectivity index (χ2v) is 6.34. The molecule has 20 heavy (non-hydrogen) atoms. The molecule has 2 N–H and O–H groups in total. The van der Waals surface area contributed by atoms with Gasteiger partial charge in [-0.1, -0.05) is 29.8 Å². The van der Waals surface area contributed by atoms with Crippen molar-refractivity contribution in [1.82, 2.24) is 4.90 Å². The number of nitrogens with two attached hydrogens (primary N) is 1. The third-order valence-corrected chi connectivity index (χ3v) is 4.49. The largest absolute Gasteiger partial charge is 0.377 e. The molecule has 0 amide bonds. The molecule has 3 heteroatoms. The minimum absolute atomic E-state index is 0.0200. The molecule has 2 unspecified atom stereocenters. The van der Waals surface area contributed by atoms with Gasteiger partial charge in [-0.3, -0.25) is 0 Å². The highest BCUT2D eigenvalue weighted by molar-refractivity contribution is 5.23. The Morgan fingerprint density at radius 3 is 2.70 bits per heavy atom. The first-order valence-electron chi connectivity index (χ1n) is 7.62. The first-order chi connectivity index (χ1) is 9.52. The van der Waals surface area contributed by atoms with E-state index in [1.54, 1.807) is 0 Å². The molecule has 0 bridgehead atoms. The van der Waals surface area contributed by atoms with Gasteiger partial charge < -0.3 is 15.4 Å². The van der Waals surface area contributed by atoms with E-state index in [4.69, 9.17) is 10.5 Å². The van der Waals surface area contributed by atoms with Gasteiger partial charge in [-0.2, -0.15) is 0 Å². The lowest BCUT2D eigenvalue weighted by atomic mass is 9.94. The molecule has 1 aliphatic heterocycles. The number of rotatable bonds is 5. The summed E-state index contributed by atoms with van der Waals surface area (Å²) < 4.78 is 5.64. The van der Waals surface area contributed by atoms with Crippen molar-refractivity contribution in [3.05, 3.63) is 35.4 Å². The lowest BCUT2D eigenvalue weighted by molar-refractivity contribution is -0.0510. The number of benzene rings is 1. The average Bonchev–Trinajstić information content (AvgIpc) is 2.46. The van der Waals surface area contributed by atoms with Gasteiger partial charge in [0.05, 0.1) is 5.60 Å². The molecular weight excluding hydrogens is 248 g/mol. The zero-order valence-corrected chi connectivity index (χ0v) is 13.1. The van der Waals surface area contributed by atoms with Gasteiger partial charge in [0.15, 0.2) is 0 Å². The fourth-order valence-corrected chi connectivity index (χ4v) is 2.97. The molecule has 2 rings (SSSR count). The smallest absolute Gasteiger partial charge is 0.0777 e. The maximum atomic E-state index is 6.30.